The van der Waals surface area contributed by atoms with E-state index in [1.54, 1.807) is 6.07 Å². The molecule has 8 heteroatoms. The first-order chi connectivity index (χ1) is 8.60. The predicted molar refractivity (Wildman–Crippen MR) is 62.9 cm³/mol. The van der Waals surface area contributed by atoms with Crippen LogP contribution < -0.4 is 15.2 Å². The summed E-state index contributed by atoms with van der Waals surface area (Å²) in [4.78, 5) is 3.96. The van der Waals surface area contributed by atoms with Gasteiger partial charge in [-0.1, -0.05) is 0 Å². The zero-order valence-corrected chi connectivity index (χ0v) is 10.1. The Morgan fingerprint density at radius 3 is 2.67 bits per heavy atom. The van der Waals surface area contributed by atoms with Crippen LogP contribution in [0.1, 0.15) is 0 Å². The van der Waals surface area contributed by atoms with Gasteiger partial charge in [0.05, 0.1) is 7.11 Å². The van der Waals surface area contributed by atoms with Gasteiger partial charge in [-0.3, -0.25) is 0 Å². The van der Waals surface area contributed by atoms with Crippen LogP contribution in [-0.2, 0) is 0 Å². The SMILES string of the molecule is COc1ccc(-c2nsc(N)n2)cc1OC(F)F. The standard InChI is InChI=1S/C10H9F2N3O2S/c1-16-6-3-2-5(4-7(6)17-9(11)12)8-14-10(13)18-15-8/h2-4,9H,1H3,(H2,13,14,15). The highest BCUT2D eigenvalue weighted by molar-refractivity contribution is 7.09. The molecule has 0 bridgehead atoms. The molecule has 2 rings (SSSR count). The summed E-state index contributed by atoms with van der Waals surface area (Å²) in [6.07, 6.45) is 0. The van der Waals surface area contributed by atoms with E-state index in [-0.39, 0.29) is 11.5 Å². The van der Waals surface area contributed by atoms with E-state index in [9.17, 15) is 8.78 Å². The number of halogens is 2. The number of anilines is 1. The highest BCUT2D eigenvalue weighted by Crippen LogP contribution is 2.33. The maximum atomic E-state index is 12.2. The van der Waals surface area contributed by atoms with Gasteiger partial charge in [0.1, 0.15) is 0 Å². The Morgan fingerprint density at radius 1 is 1.33 bits per heavy atom. The molecule has 18 heavy (non-hydrogen) atoms. The molecule has 1 aromatic heterocycles. The Bertz CT molecular complexity index is 548. The van der Waals surface area contributed by atoms with Crippen molar-refractivity contribution in [2.75, 3.05) is 12.8 Å². The lowest BCUT2D eigenvalue weighted by molar-refractivity contribution is -0.0511. The average molecular weight is 273 g/mol. The van der Waals surface area contributed by atoms with E-state index in [0.29, 0.717) is 16.5 Å². The summed E-state index contributed by atoms with van der Waals surface area (Å²) >= 11 is 1.03. The summed E-state index contributed by atoms with van der Waals surface area (Å²) in [5.74, 6) is 0.500. The molecule has 0 spiro atoms. The molecule has 0 amide bonds. The first-order valence-electron chi connectivity index (χ1n) is 4.82. The number of nitrogens with zero attached hydrogens (tertiary/aromatic N) is 2. The molecule has 0 atom stereocenters. The van der Waals surface area contributed by atoms with Crippen LogP contribution in [0.4, 0.5) is 13.9 Å². The van der Waals surface area contributed by atoms with E-state index in [4.69, 9.17) is 10.5 Å². The van der Waals surface area contributed by atoms with Crippen LogP contribution in [0.5, 0.6) is 11.5 Å². The molecule has 96 valence electrons. The number of rotatable bonds is 4. The van der Waals surface area contributed by atoms with Crippen LogP contribution in [0.2, 0.25) is 0 Å². The number of ether oxygens (including phenoxy) is 2. The molecule has 0 aliphatic rings. The van der Waals surface area contributed by atoms with Gasteiger partial charge in [0.25, 0.3) is 0 Å². The fourth-order valence-electron chi connectivity index (χ4n) is 1.36. The van der Waals surface area contributed by atoms with E-state index in [2.05, 4.69) is 14.1 Å². The summed E-state index contributed by atoms with van der Waals surface area (Å²) in [6, 6.07) is 4.52. The Labute approximate surface area is 105 Å². The van der Waals surface area contributed by atoms with Gasteiger partial charge >= 0.3 is 6.61 Å². The zero-order valence-electron chi connectivity index (χ0n) is 9.26. The zero-order chi connectivity index (χ0) is 13.1. The second kappa shape index (κ2) is 5.13. The number of hydrogen-bond donors (Lipinski definition) is 1. The Morgan fingerprint density at radius 2 is 2.11 bits per heavy atom. The maximum absolute atomic E-state index is 12.2. The van der Waals surface area contributed by atoms with Gasteiger partial charge in [-0.15, -0.1) is 0 Å². The van der Waals surface area contributed by atoms with Crippen LogP contribution in [0, 0.1) is 0 Å². The predicted octanol–water partition coefficient (Wildman–Crippen LogP) is 2.40. The highest BCUT2D eigenvalue weighted by Gasteiger charge is 2.13. The fourth-order valence-corrected chi connectivity index (χ4v) is 1.81. The smallest absolute Gasteiger partial charge is 0.387 e. The molecular weight excluding hydrogens is 264 g/mol. The molecule has 2 N–H and O–H groups in total. The number of nitrogens with two attached hydrogens (primary N) is 1. The number of hydrogen-bond acceptors (Lipinski definition) is 6. The Kier molecular flexibility index (Phi) is 3.56. The van der Waals surface area contributed by atoms with E-state index in [1.165, 1.54) is 19.2 Å². The number of nitrogen functional groups attached to an aromatic ring is 1. The van der Waals surface area contributed by atoms with Crippen molar-refractivity contribution in [1.29, 1.82) is 0 Å². The summed E-state index contributed by atoms with van der Waals surface area (Å²) in [5.41, 5.74) is 5.99. The van der Waals surface area contributed by atoms with E-state index >= 15 is 0 Å². The Hall–Kier alpha value is -1.96. The third-order valence-electron chi connectivity index (χ3n) is 2.08. The summed E-state index contributed by atoms with van der Waals surface area (Å²) in [6.45, 7) is -2.93. The monoisotopic (exact) mass is 273 g/mol. The van der Waals surface area contributed by atoms with Crippen LogP contribution in [0.25, 0.3) is 11.4 Å². The summed E-state index contributed by atoms with van der Waals surface area (Å²) < 4.78 is 37.8. The van der Waals surface area contributed by atoms with Gasteiger partial charge in [-0.05, 0) is 18.2 Å². The fraction of sp³-hybridized carbons (Fsp3) is 0.200. The van der Waals surface area contributed by atoms with E-state index in [0.717, 1.165) is 11.5 Å². The minimum absolute atomic E-state index is 0.0710. The van der Waals surface area contributed by atoms with E-state index < -0.39 is 6.61 Å². The number of alkyl halides is 2. The third kappa shape index (κ3) is 2.65. The summed E-state index contributed by atoms with van der Waals surface area (Å²) in [7, 11) is 1.37. The molecule has 1 aromatic carbocycles. The summed E-state index contributed by atoms with van der Waals surface area (Å²) in [5, 5.41) is 0.303. The number of aromatic nitrogens is 2. The van der Waals surface area contributed by atoms with Crippen LogP contribution in [0.15, 0.2) is 18.2 Å². The lowest BCUT2D eigenvalue weighted by atomic mass is 10.2. The lowest BCUT2D eigenvalue weighted by Crippen LogP contribution is -2.03. The van der Waals surface area contributed by atoms with Crippen LogP contribution in [-0.4, -0.2) is 23.1 Å². The van der Waals surface area contributed by atoms with Gasteiger partial charge in [0.2, 0.25) is 0 Å². The Balaban J connectivity index is 2.38. The average Bonchev–Trinajstić information content (AvgIpc) is 2.75. The first kappa shape index (κ1) is 12.5. The molecule has 0 aliphatic heterocycles. The molecule has 0 saturated heterocycles. The van der Waals surface area contributed by atoms with Crippen molar-refractivity contribution in [3.05, 3.63) is 18.2 Å². The minimum Gasteiger partial charge on any atom is -0.493 e. The minimum atomic E-state index is -2.93. The molecule has 0 aliphatic carbocycles. The quantitative estimate of drug-likeness (QED) is 0.926. The van der Waals surface area contributed by atoms with Gasteiger partial charge in [0, 0.05) is 17.1 Å². The second-order valence-corrected chi connectivity index (χ2v) is 3.98. The second-order valence-electron chi connectivity index (χ2n) is 3.20. The molecule has 5 nitrogen and oxygen atoms in total. The molecular formula is C10H9F2N3O2S. The van der Waals surface area contributed by atoms with Gasteiger partial charge in [-0.25, -0.2) is 0 Å². The largest absolute Gasteiger partial charge is 0.493 e. The third-order valence-corrected chi connectivity index (χ3v) is 2.62. The van der Waals surface area contributed by atoms with Crippen molar-refractivity contribution < 1.29 is 18.3 Å². The highest BCUT2D eigenvalue weighted by atomic mass is 32.1. The van der Waals surface area contributed by atoms with E-state index in [1.807, 2.05) is 0 Å². The van der Waals surface area contributed by atoms with Crippen molar-refractivity contribution in [3.8, 4) is 22.9 Å². The van der Waals surface area contributed by atoms with Gasteiger partial charge in [0.15, 0.2) is 22.5 Å². The molecule has 0 radical (unpaired) electrons. The lowest BCUT2D eigenvalue weighted by Gasteiger charge is -2.10. The molecule has 0 saturated carbocycles. The molecule has 2 aromatic rings. The van der Waals surface area contributed by atoms with Crippen LogP contribution >= 0.6 is 11.5 Å². The topological polar surface area (TPSA) is 70.3 Å². The number of benzene rings is 1. The first-order valence-corrected chi connectivity index (χ1v) is 5.60. The maximum Gasteiger partial charge on any atom is 0.387 e. The van der Waals surface area contributed by atoms with Gasteiger partial charge in [-0.2, -0.15) is 18.1 Å². The van der Waals surface area contributed by atoms with Crippen molar-refractivity contribution in [1.82, 2.24) is 9.36 Å². The van der Waals surface area contributed by atoms with Gasteiger partial charge < -0.3 is 15.2 Å². The van der Waals surface area contributed by atoms with Crippen molar-refractivity contribution in [2.45, 2.75) is 6.61 Å². The van der Waals surface area contributed by atoms with Crippen molar-refractivity contribution in [3.63, 3.8) is 0 Å². The number of methoxy groups -OCH3 is 1. The molecule has 0 unspecified atom stereocenters. The normalized spacial score (nSPS) is 10.7. The molecule has 1 heterocycles. The van der Waals surface area contributed by atoms with Crippen molar-refractivity contribution >= 4 is 16.7 Å². The van der Waals surface area contributed by atoms with Crippen molar-refractivity contribution in [2.24, 2.45) is 0 Å². The van der Waals surface area contributed by atoms with Crippen LogP contribution in [0.3, 0.4) is 0 Å². The molecule has 0 fully saturated rings.